The number of piperidine rings is 1. The molecular weight excluding hydrogens is 697 g/mol. The predicted octanol–water partition coefficient (Wildman–Crippen LogP) is 1.83. The highest BCUT2D eigenvalue weighted by atomic mass is 35.5. The summed E-state index contributed by atoms with van der Waals surface area (Å²) in [6.07, 6.45) is 3.53. The van der Waals surface area contributed by atoms with E-state index in [0.29, 0.717) is 32.4 Å². The van der Waals surface area contributed by atoms with Crippen molar-refractivity contribution in [1.82, 2.24) is 35.2 Å². The van der Waals surface area contributed by atoms with Crippen LogP contribution >= 0.6 is 23.2 Å². The lowest BCUT2D eigenvalue weighted by Gasteiger charge is -2.39. The Morgan fingerprint density at radius 1 is 1.04 bits per heavy atom. The van der Waals surface area contributed by atoms with Gasteiger partial charge in [0.05, 0.1) is 6.04 Å². The van der Waals surface area contributed by atoms with Crippen LogP contribution in [0.25, 0.3) is 0 Å². The van der Waals surface area contributed by atoms with Crippen molar-refractivity contribution < 1.29 is 32.4 Å². The van der Waals surface area contributed by atoms with E-state index in [9.17, 15) is 32.4 Å². The summed E-state index contributed by atoms with van der Waals surface area (Å²) in [5.74, 6) is -3.94. The van der Waals surface area contributed by atoms with Crippen LogP contribution in [0.3, 0.4) is 0 Å². The van der Waals surface area contributed by atoms with Crippen molar-refractivity contribution in [3.8, 4) is 0 Å². The lowest BCUT2D eigenvalue weighted by Crippen LogP contribution is -2.63. The molecule has 1 saturated carbocycles. The van der Waals surface area contributed by atoms with Gasteiger partial charge in [0.1, 0.15) is 16.4 Å². The third kappa shape index (κ3) is 9.87. The van der Waals surface area contributed by atoms with Gasteiger partial charge < -0.3 is 26.2 Å². The number of ketones is 1. The van der Waals surface area contributed by atoms with Gasteiger partial charge in [0.15, 0.2) is 0 Å². The van der Waals surface area contributed by atoms with Gasteiger partial charge in [0.25, 0.3) is 16.1 Å². The molecule has 14 nitrogen and oxygen atoms in total. The monoisotopic (exact) mass is 749 g/mol. The molecule has 2 heterocycles. The third-order valence-corrected chi connectivity index (χ3v) is 12.0. The molecule has 0 bridgehead atoms. The molecule has 0 aromatic heterocycles. The number of nitrogens with zero attached hydrogens (tertiary/aromatic N) is 2. The largest absolute Gasteiger partial charge is 0.346 e. The van der Waals surface area contributed by atoms with Gasteiger partial charge >= 0.3 is 6.03 Å². The lowest BCUT2D eigenvalue weighted by molar-refractivity contribution is -0.144. The fourth-order valence-corrected chi connectivity index (χ4v) is 8.35. The number of Topliss-reactive ketones (excluding diaryl/α,β-unsaturated/α-hetero) is 1. The summed E-state index contributed by atoms with van der Waals surface area (Å²) in [6.45, 7) is 17.2. The Morgan fingerprint density at radius 3 is 2.24 bits per heavy atom. The Balaban J connectivity index is 1.83. The zero-order valence-electron chi connectivity index (χ0n) is 29.5. The van der Waals surface area contributed by atoms with Gasteiger partial charge in [-0.1, -0.05) is 67.4 Å². The number of likely N-dealkylation sites (tertiary alicyclic amines) is 1. The fourth-order valence-electron chi connectivity index (χ4n) is 6.22. The van der Waals surface area contributed by atoms with Crippen LogP contribution in [0.2, 0.25) is 0 Å². The Bertz CT molecular complexity index is 1400. The highest BCUT2D eigenvalue weighted by molar-refractivity contribution is 7.87. The van der Waals surface area contributed by atoms with Crippen LogP contribution in [0.5, 0.6) is 0 Å². The summed E-state index contributed by atoms with van der Waals surface area (Å²) in [6, 6.07) is -4.72. The summed E-state index contributed by atoms with van der Waals surface area (Å²) in [5, 5.41) is 10.8. The molecule has 278 valence electrons. The maximum absolute atomic E-state index is 14.3. The SMILES string of the molecule is C=CCNC(=O)C(=O)C(CCCC)NC(=O)C1[C@@H]2[C@H](CN1C(=O)C(NC(=O)NC(CN1CCCNS1(=O)=O)C(C)(C)C)C(C)(C)C)C2(Cl)Cl. The highest BCUT2D eigenvalue weighted by Crippen LogP contribution is 2.65. The molecule has 4 unspecified atom stereocenters. The second-order valence-corrected chi connectivity index (χ2v) is 18.5. The maximum atomic E-state index is 14.3. The number of rotatable bonds is 14. The normalized spacial score (nSPS) is 24.8. The number of hydrogen-bond acceptors (Lipinski definition) is 7. The van der Waals surface area contributed by atoms with E-state index in [1.807, 2.05) is 27.7 Å². The minimum Gasteiger partial charge on any atom is -0.346 e. The number of halogens is 2. The number of alkyl halides is 2. The quantitative estimate of drug-likeness (QED) is 0.102. The smallest absolute Gasteiger partial charge is 0.315 e. The molecule has 0 aromatic carbocycles. The van der Waals surface area contributed by atoms with Crippen molar-refractivity contribution in [1.29, 1.82) is 0 Å². The highest BCUT2D eigenvalue weighted by Gasteiger charge is 2.74. The fraction of sp³-hybridized carbons (Fsp3) is 0.781. The lowest BCUT2D eigenvalue weighted by atomic mass is 9.85. The van der Waals surface area contributed by atoms with Crippen molar-refractivity contribution in [2.75, 3.05) is 32.7 Å². The molecule has 0 aromatic rings. The first kappa shape index (κ1) is 41.0. The zero-order valence-corrected chi connectivity index (χ0v) is 31.9. The van der Waals surface area contributed by atoms with Crippen LogP contribution in [0.4, 0.5) is 4.79 Å². The minimum atomic E-state index is -3.70. The first-order valence-electron chi connectivity index (χ1n) is 16.8. The van der Waals surface area contributed by atoms with E-state index < -0.39 is 90.9 Å². The minimum absolute atomic E-state index is 0.0230. The van der Waals surface area contributed by atoms with E-state index in [0.717, 1.165) is 0 Å². The molecule has 0 spiro atoms. The summed E-state index contributed by atoms with van der Waals surface area (Å²) in [5.41, 5.74) is -1.38. The molecule has 1 aliphatic carbocycles. The van der Waals surface area contributed by atoms with Crippen LogP contribution < -0.4 is 26.0 Å². The van der Waals surface area contributed by atoms with Gasteiger partial charge in [-0.2, -0.15) is 12.7 Å². The van der Waals surface area contributed by atoms with Gasteiger partial charge in [-0.05, 0) is 23.7 Å². The average Bonchev–Trinajstić information content (AvgIpc) is 3.31. The maximum Gasteiger partial charge on any atom is 0.315 e. The summed E-state index contributed by atoms with van der Waals surface area (Å²) in [4.78, 5) is 68.6. The second kappa shape index (κ2) is 15.8. The summed E-state index contributed by atoms with van der Waals surface area (Å²) in [7, 11) is -3.70. The first-order valence-corrected chi connectivity index (χ1v) is 19.0. The molecule has 3 fully saturated rings. The molecule has 0 radical (unpaired) electrons. The molecule has 2 aliphatic heterocycles. The predicted molar refractivity (Wildman–Crippen MR) is 188 cm³/mol. The molecule has 2 saturated heterocycles. The molecule has 17 heteroatoms. The van der Waals surface area contributed by atoms with Crippen molar-refractivity contribution in [3.63, 3.8) is 0 Å². The van der Waals surface area contributed by atoms with Crippen LogP contribution in [0.1, 0.15) is 74.1 Å². The van der Waals surface area contributed by atoms with Gasteiger partial charge in [-0.25, -0.2) is 9.52 Å². The van der Waals surface area contributed by atoms with Crippen molar-refractivity contribution in [2.24, 2.45) is 22.7 Å². The molecule has 5 N–H and O–H groups in total. The van der Waals surface area contributed by atoms with Crippen molar-refractivity contribution in [2.45, 2.75) is 103 Å². The number of nitrogens with one attached hydrogen (secondary N) is 5. The van der Waals surface area contributed by atoms with E-state index in [4.69, 9.17) is 23.2 Å². The van der Waals surface area contributed by atoms with E-state index in [1.54, 1.807) is 20.8 Å². The summed E-state index contributed by atoms with van der Waals surface area (Å²) >= 11 is 13.1. The van der Waals surface area contributed by atoms with E-state index >= 15 is 0 Å². The van der Waals surface area contributed by atoms with E-state index in [-0.39, 0.29) is 26.1 Å². The topological polar surface area (TPSA) is 186 Å². The molecular formula is C32H53Cl2N7O7S. The van der Waals surface area contributed by atoms with Gasteiger partial charge in [-0.3, -0.25) is 19.2 Å². The van der Waals surface area contributed by atoms with Crippen LogP contribution in [-0.2, 0) is 29.4 Å². The van der Waals surface area contributed by atoms with E-state index in [2.05, 4.69) is 32.6 Å². The molecule has 5 amide bonds. The Morgan fingerprint density at radius 2 is 1.69 bits per heavy atom. The Hall–Kier alpha value is -2.46. The molecule has 49 heavy (non-hydrogen) atoms. The first-order chi connectivity index (χ1) is 22.6. The van der Waals surface area contributed by atoms with Crippen molar-refractivity contribution >= 4 is 62.9 Å². The summed E-state index contributed by atoms with van der Waals surface area (Å²) < 4.78 is 27.8. The third-order valence-electron chi connectivity index (χ3n) is 9.33. The number of carbonyl (C=O) groups is 5. The van der Waals surface area contributed by atoms with Crippen LogP contribution in [-0.4, -0.2) is 108 Å². The molecule has 3 aliphatic rings. The van der Waals surface area contributed by atoms with Gasteiger partial charge in [0.2, 0.25) is 17.6 Å². The zero-order chi connectivity index (χ0) is 37.1. The number of unbranched alkanes of at least 4 members (excludes halogenated alkanes) is 1. The van der Waals surface area contributed by atoms with Crippen molar-refractivity contribution in [3.05, 3.63) is 12.7 Å². The Kier molecular flexibility index (Phi) is 13.2. The average molecular weight is 751 g/mol. The number of carbonyl (C=O) groups excluding carboxylic acids is 5. The number of hydrogen-bond donors (Lipinski definition) is 5. The van der Waals surface area contributed by atoms with Gasteiger partial charge in [0, 0.05) is 50.6 Å². The van der Waals surface area contributed by atoms with E-state index in [1.165, 1.54) is 15.3 Å². The Labute approximate surface area is 300 Å². The number of fused-ring (bicyclic) bond motifs is 1. The van der Waals surface area contributed by atoms with Crippen LogP contribution in [0.15, 0.2) is 12.7 Å². The number of urea groups is 1. The van der Waals surface area contributed by atoms with Gasteiger partial charge in [-0.15, -0.1) is 29.8 Å². The molecule has 3 rings (SSSR count). The van der Waals surface area contributed by atoms with Crippen LogP contribution in [0, 0.1) is 22.7 Å². The standard InChI is InChI=1S/C32H53Cl2N7O7S/c1-9-11-13-20(24(42)27(44)35-14-10-2)37-26(43)23-22-19(32(22,33)34)17-41(23)28(45)25(31(6,7)8)39-29(46)38-21(30(3,4)5)18-40-16-12-15-36-49(40,47)48/h10,19-23,25,36H,2,9,11-18H2,1,3-8H3,(H,35,44)(H,37,43)(H2,38,39,46)/t19-,20?,21?,22-,23?,25?/m0/s1. The second-order valence-electron chi connectivity index (χ2n) is 15.3. The molecule has 6 atom stereocenters. The number of amides is 5.